The third-order valence-electron chi connectivity index (χ3n) is 9.76. The molecule has 0 fully saturated rings. The molecule has 0 aliphatic heterocycles. The summed E-state index contributed by atoms with van der Waals surface area (Å²) in [5.41, 5.74) is 0.612. The Hall–Kier alpha value is -5.43. The van der Waals surface area contributed by atoms with Gasteiger partial charge in [-0.25, -0.2) is 14.4 Å². The van der Waals surface area contributed by atoms with Crippen molar-refractivity contribution in [1.29, 1.82) is 0 Å². The van der Waals surface area contributed by atoms with Gasteiger partial charge in [0.2, 0.25) is 0 Å². The van der Waals surface area contributed by atoms with E-state index in [9.17, 15) is 14.4 Å². The average molecular weight is 826 g/mol. The number of hydrogen-bond acceptors (Lipinski definition) is 12. The van der Waals surface area contributed by atoms with Crippen LogP contribution in [0.25, 0.3) is 0 Å². The molecule has 0 aliphatic carbocycles. The van der Waals surface area contributed by atoms with Gasteiger partial charge in [0, 0.05) is 37.8 Å². The van der Waals surface area contributed by atoms with Gasteiger partial charge in [0.05, 0.1) is 0 Å². The molecule has 4 rings (SSSR count). The van der Waals surface area contributed by atoms with Crippen LogP contribution >= 0.6 is 0 Å². The van der Waals surface area contributed by atoms with Crippen molar-refractivity contribution >= 4 is 17.9 Å². The van der Waals surface area contributed by atoms with Gasteiger partial charge in [-0.3, -0.25) is 0 Å². The maximum atomic E-state index is 13.7. The highest BCUT2D eigenvalue weighted by molar-refractivity contribution is 5.96. The molecule has 0 aromatic heterocycles. The van der Waals surface area contributed by atoms with Crippen LogP contribution in [0.3, 0.4) is 0 Å². The molecule has 0 spiro atoms. The fourth-order valence-electron chi connectivity index (χ4n) is 6.58. The van der Waals surface area contributed by atoms with Crippen molar-refractivity contribution in [2.45, 2.75) is 60.8 Å². The fourth-order valence-corrected chi connectivity index (χ4v) is 6.58. The number of carbonyl (C=O) groups excluding carboxylic acids is 3. The molecule has 0 amide bonds. The predicted octanol–water partition coefficient (Wildman–Crippen LogP) is 8.68. The number of hydrogen-bond donors (Lipinski definition) is 0. The number of rotatable bonds is 27. The highest BCUT2D eigenvalue weighted by Crippen LogP contribution is 2.32. The molecule has 0 bridgehead atoms. The molecular formula is C48H63N3O9. The Morgan fingerprint density at radius 2 is 0.667 bits per heavy atom. The molecule has 0 unspecified atom stereocenters. The third-order valence-corrected chi connectivity index (χ3v) is 9.76. The number of nitrogens with zero attached hydrogens (tertiary/aromatic N) is 3. The number of benzene rings is 4. The summed E-state index contributed by atoms with van der Waals surface area (Å²) in [5, 5.41) is 0. The van der Waals surface area contributed by atoms with Crippen molar-refractivity contribution < 1.29 is 42.8 Å². The Bertz CT molecular complexity index is 1710. The maximum absolute atomic E-state index is 13.7. The molecule has 324 valence electrons. The highest BCUT2D eigenvalue weighted by atomic mass is 16.6. The molecule has 4 aromatic carbocycles. The summed E-state index contributed by atoms with van der Waals surface area (Å²) < 4.78 is 35.8. The van der Waals surface area contributed by atoms with Crippen molar-refractivity contribution in [2.24, 2.45) is 0 Å². The normalized spacial score (nSPS) is 11.2. The molecule has 4 aromatic rings. The largest absolute Gasteiger partial charge is 0.491 e. The Morgan fingerprint density at radius 3 is 0.917 bits per heavy atom. The summed E-state index contributed by atoms with van der Waals surface area (Å²) in [5.74, 6) is -1.10. The van der Waals surface area contributed by atoms with Crippen LogP contribution in [0.15, 0.2) is 91.0 Å². The van der Waals surface area contributed by atoms with Crippen molar-refractivity contribution in [3.63, 3.8) is 0 Å². The Morgan fingerprint density at radius 1 is 0.400 bits per heavy atom. The van der Waals surface area contributed by atoms with Gasteiger partial charge < -0.3 is 43.1 Å². The van der Waals surface area contributed by atoms with Crippen molar-refractivity contribution in [1.82, 2.24) is 14.7 Å². The van der Waals surface area contributed by atoms with Crippen LogP contribution in [-0.2, 0) is 0 Å². The highest BCUT2D eigenvalue weighted by Gasteiger charge is 2.22. The lowest BCUT2D eigenvalue weighted by molar-refractivity contribution is 0.0726. The van der Waals surface area contributed by atoms with Gasteiger partial charge in [-0.15, -0.1) is 0 Å². The van der Waals surface area contributed by atoms with Crippen LogP contribution in [0, 0.1) is 0 Å². The first-order valence-corrected chi connectivity index (χ1v) is 21.4. The number of ether oxygens (including phenoxy) is 6. The summed E-state index contributed by atoms with van der Waals surface area (Å²) in [6.07, 6.45) is 3.07. The Kier molecular flexibility index (Phi) is 20.4. The topological polar surface area (TPSA) is 116 Å². The van der Waals surface area contributed by atoms with E-state index >= 15 is 0 Å². The first-order valence-electron chi connectivity index (χ1n) is 21.4. The minimum absolute atomic E-state index is 0.0248. The van der Waals surface area contributed by atoms with Gasteiger partial charge in [0.15, 0.2) is 0 Å². The number of likely N-dealkylation sites (N-methyl/N-ethyl adjacent to an activating group) is 3. The molecule has 0 heterocycles. The number of para-hydroxylation sites is 3. The Labute approximate surface area is 356 Å². The third kappa shape index (κ3) is 15.0. The van der Waals surface area contributed by atoms with E-state index in [0.717, 1.165) is 58.5 Å². The molecule has 0 saturated heterocycles. The van der Waals surface area contributed by atoms with E-state index in [4.69, 9.17) is 28.4 Å². The maximum Gasteiger partial charge on any atom is 0.347 e. The van der Waals surface area contributed by atoms with E-state index < -0.39 is 17.9 Å². The first-order chi connectivity index (χ1) is 29.2. The van der Waals surface area contributed by atoms with E-state index in [0.29, 0.717) is 56.7 Å². The molecular weight excluding hydrogens is 763 g/mol. The van der Waals surface area contributed by atoms with E-state index in [1.807, 2.05) is 0 Å². The zero-order chi connectivity index (χ0) is 43.1. The fraction of sp³-hybridized carbons (Fsp3) is 0.438. The van der Waals surface area contributed by atoms with Gasteiger partial charge in [-0.1, -0.05) is 77.9 Å². The lowest BCUT2D eigenvalue weighted by Crippen LogP contribution is -2.29. The quantitative estimate of drug-likeness (QED) is 0.0423. The van der Waals surface area contributed by atoms with Crippen LogP contribution in [0.4, 0.5) is 0 Å². The molecule has 0 saturated carbocycles. The molecule has 0 N–H and O–H groups in total. The van der Waals surface area contributed by atoms with E-state index in [2.05, 4.69) is 56.2 Å². The minimum Gasteiger partial charge on any atom is -0.491 e. The van der Waals surface area contributed by atoms with Crippen molar-refractivity contribution in [3.05, 3.63) is 108 Å². The van der Waals surface area contributed by atoms with Crippen LogP contribution in [0.2, 0.25) is 0 Å². The Balaban J connectivity index is 1.59. The second kappa shape index (κ2) is 25.9. The molecule has 0 aliphatic rings. The summed E-state index contributed by atoms with van der Waals surface area (Å²) in [7, 11) is 0. The van der Waals surface area contributed by atoms with Gasteiger partial charge >= 0.3 is 17.9 Å². The van der Waals surface area contributed by atoms with Gasteiger partial charge in [-0.2, -0.15) is 0 Å². The molecule has 0 radical (unpaired) electrons. The second-order valence-corrected chi connectivity index (χ2v) is 14.1. The number of esters is 3. The van der Waals surface area contributed by atoms with Crippen molar-refractivity contribution in [2.75, 3.05) is 78.7 Å². The van der Waals surface area contributed by atoms with Gasteiger partial charge in [0.25, 0.3) is 0 Å². The average Bonchev–Trinajstić information content (AvgIpc) is 3.25. The van der Waals surface area contributed by atoms with Crippen LogP contribution < -0.4 is 28.4 Å². The van der Waals surface area contributed by atoms with E-state index in [1.165, 1.54) is 18.2 Å². The van der Waals surface area contributed by atoms with E-state index in [-0.39, 0.29) is 33.9 Å². The lowest BCUT2D eigenvalue weighted by Gasteiger charge is -2.20. The molecule has 12 heteroatoms. The number of carbonyl (C=O) groups is 3. The zero-order valence-electron chi connectivity index (χ0n) is 36.3. The summed E-state index contributed by atoms with van der Waals surface area (Å²) in [6, 6.07) is 24.7. The monoisotopic (exact) mass is 825 g/mol. The smallest absolute Gasteiger partial charge is 0.347 e. The van der Waals surface area contributed by atoms with Crippen molar-refractivity contribution in [3.8, 4) is 34.5 Å². The SMILES string of the molecule is CCCN(CC)CCOc1ccccc1C(=O)Oc1cc(OC(=O)c2ccccc2OCCN(CC)CCC)cc(OC(=O)c2ccccc2OCCN(CC)CCC)c1. The molecule has 12 nitrogen and oxygen atoms in total. The summed E-state index contributed by atoms with van der Waals surface area (Å²) >= 11 is 0. The molecule has 60 heavy (non-hydrogen) atoms. The van der Waals surface area contributed by atoms with Crippen LogP contribution in [0.1, 0.15) is 91.9 Å². The van der Waals surface area contributed by atoms with Gasteiger partial charge in [0.1, 0.15) is 71.0 Å². The predicted molar refractivity (Wildman–Crippen MR) is 234 cm³/mol. The second-order valence-electron chi connectivity index (χ2n) is 14.1. The first kappa shape index (κ1) is 47.3. The molecule has 0 atom stereocenters. The summed E-state index contributed by atoms with van der Waals surface area (Å²) in [6.45, 7) is 21.4. The standard InChI is InChI=1S/C48H63N3O9/c1-7-25-49(10-4)28-31-55-43-22-16-13-19-40(43)46(52)58-37-34-38(59-47(53)41-20-14-17-23-44(41)56-32-29-50(11-5)26-8-2)36-39(35-37)60-48(54)42-21-15-18-24-45(42)57-33-30-51(12-6)27-9-3/h13-24,34-36H,7-12,25-33H2,1-6H3. The summed E-state index contributed by atoms with van der Waals surface area (Å²) in [4.78, 5) is 48.0. The van der Waals surface area contributed by atoms with Gasteiger partial charge in [-0.05, 0) is 94.9 Å². The van der Waals surface area contributed by atoms with Crippen LogP contribution in [0.5, 0.6) is 34.5 Å². The van der Waals surface area contributed by atoms with E-state index in [1.54, 1.807) is 72.8 Å². The minimum atomic E-state index is -0.710. The lowest BCUT2D eigenvalue weighted by atomic mass is 10.2. The van der Waals surface area contributed by atoms with Crippen LogP contribution in [-0.4, -0.2) is 111 Å². The zero-order valence-corrected chi connectivity index (χ0v) is 36.3.